The molecule has 2 atom stereocenters. The van der Waals surface area contributed by atoms with E-state index in [9.17, 15) is 9.90 Å². The van der Waals surface area contributed by atoms with E-state index in [2.05, 4.69) is 51.3 Å². The molecule has 0 amide bonds. The highest BCUT2D eigenvalue weighted by Gasteiger charge is 2.10. The maximum Gasteiger partial charge on any atom is 0.330 e. The minimum atomic E-state index is -0.486. The van der Waals surface area contributed by atoms with E-state index in [1.165, 1.54) is 24.3 Å². The molecule has 0 aliphatic heterocycles. The summed E-state index contributed by atoms with van der Waals surface area (Å²) in [6.07, 6.45) is 6.12. The number of hydrogen-bond donors (Lipinski definition) is 1. The molecule has 0 aliphatic rings. The summed E-state index contributed by atoms with van der Waals surface area (Å²) in [4.78, 5) is 10.9. The Hall–Kier alpha value is -0.620. The summed E-state index contributed by atoms with van der Waals surface area (Å²) in [6, 6.07) is 0. The molecule has 0 aliphatic carbocycles. The van der Waals surface area contributed by atoms with Crippen molar-refractivity contribution in [3.63, 3.8) is 0 Å². The van der Waals surface area contributed by atoms with Crippen LogP contribution in [0.5, 0.6) is 0 Å². The number of aliphatic hydroxyl groups excluding tert-OH is 1. The second kappa shape index (κ2) is 10.2. The standard InChI is InChI=1S/C15H23IO3/c1-11(9-12(2)10-16)5-7-14(17)13(3)6-8-15(18)19-4/h5-6,8,10,13-14,17H,7,9H2,1-4H3/b8-6+,11-5+,12-10+/t13-,14-/m0/s1. The van der Waals surface area contributed by atoms with E-state index in [4.69, 9.17) is 0 Å². The lowest BCUT2D eigenvalue weighted by Gasteiger charge is -2.13. The van der Waals surface area contributed by atoms with Gasteiger partial charge in [0.25, 0.3) is 0 Å². The molecule has 3 nitrogen and oxygen atoms in total. The molecule has 0 rings (SSSR count). The van der Waals surface area contributed by atoms with E-state index in [0.29, 0.717) is 6.42 Å². The van der Waals surface area contributed by atoms with Gasteiger partial charge in [0.1, 0.15) is 0 Å². The first-order valence-corrected chi connectivity index (χ1v) is 7.51. The van der Waals surface area contributed by atoms with Gasteiger partial charge in [0.2, 0.25) is 0 Å². The van der Waals surface area contributed by atoms with Crippen LogP contribution in [0.15, 0.2) is 33.5 Å². The van der Waals surface area contributed by atoms with Crippen molar-refractivity contribution in [1.82, 2.24) is 0 Å². The van der Waals surface area contributed by atoms with Crippen LogP contribution >= 0.6 is 22.6 Å². The molecular weight excluding hydrogens is 355 g/mol. The van der Waals surface area contributed by atoms with Gasteiger partial charge in [-0.05, 0) is 30.8 Å². The highest BCUT2D eigenvalue weighted by Crippen LogP contribution is 2.15. The van der Waals surface area contributed by atoms with Crippen LogP contribution in [0.2, 0.25) is 0 Å². The van der Waals surface area contributed by atoms with Crippen molar-refractivity contribution in [2.45, 2.75) is 39.7 Å². The number of hydrogen-bond acceptors (Lipinski definition) is 3. The molecule has 0 aromatic carbocycles. The molecule has 0 unspecified atom stereocenters. The lowest BCUT2D eigenvalue weighted by molar-refractivity contribution is -0.134. The second-order valence-electron chi connectivity index (χ2n) is 4.73. The Morgan fingerprint density at radius 2 is 2.00 bits per heavy atom. The number of carbonyl (C=O) groups is 1. The zero-order chi connectivity index (χ0) is 14.8. The zero-order valence-electron chi connectivity index (χ0n) is 12.0. The van der Waals surface area contributed by atoms with Crippen LogP contribution < -0.4 is 0 Å². The highest BCUT2D eigenvalue weighted by molar-refractivity contribution is 14.1. The smallest absolute Gasteiger partial charge is 0.330 e. The van der Waals surface area contributed by atoms with Crippen LogP contribution in [-0.2, 0) is 9.53 Å². The monoisotopic (exact) mass is 378 g/mol. The average Bonchev–Trinajstić information content (AvgIpc) is 2.41. The zero-order valence-corrected chi connectivity index (χ0v) is 14.2. The minimum Gasteiger partial charge on any atom is -0.466 e. The third-order valence-corrected chi connectivity index (χ3v) is 3.86. The molecule has 108 valence electrons. The van der Waals surface area contributed by atoms with Gasteiger partial charge in [-0.15, -0.1) is 0 Å². The van der Waals surface area contributed by atoms with Gasteiger partial charge in [-0.3, -0.25) is 0 Å². The van der Waals surface area contributed by atoms with Crippen molar-refractivity contribution in [3.8, 4) is 0 Å². The van der Waals surface area contributed by atoms with Crippen LogP contribution in [0, 0.1) is 5.92 Å². The van der Waals surface area contributed by atoms with Gasteiger partial charge in [0, 0.05) is 12.0 Å². The number of methoxy groups -OCH3 is 1. The first-order valence-electron chi connectivity index (χ1n) is 6.26. The highest BCUT2D eigenvalue weighted by atomic mass is 127. The van der Waals surface area contributed by atoms with E-state index >= 15 is 0 Å². The Bertz CT molecular complexity index is 370. The minimum absolute atomic E-state index is 0.0793. The quantitative estimate of drug-likeness (QED) is 0.318. The predicted molar refractivity (Wildman–Crippen MR) is 87.1 cm³/mol. The van der Waals surface area contributed by atoms with Gasteiger partial charge < -0.3 is 9.84 Å². The number of esters is 1. The predicted octanol–water partition coefficient (Wildman–Crippen LogP) is 3.78. The molecule has 4 heteroatoms. The SMILES string of the molecule is COC(=O)/C=C/[C@H](C)[C@@H](O)C/C=C(\C)C/C(C)=C/I. The largest absolute Gasteiger partial charge is 0.466 e. The number of halogens is 1. The van der Waals surface area contributed by atoms with E-state index < -0.39 is 12.1 Å². The fourth-order valence-electron chi connectivity index (χ4n) is 1.51. The van der Waals surface area contributed by atoms with E-state index in [0.717, 1.165) is 6.42 Å². The summed E-state index contributed by atoms with van der Waals surface area (Å²) in [7, 11) is 1.34. The fourth-order valence-corrected chi connectivity index (χ4v) is 1.73. The molecule has 0 saturated carbocycles. The van der Waals surface area contributed by atoms with Gasteiger partial charge in [0.15, 0.2) is 0 Å². The number of carbonyl (C=O) groups excluding carboxylic acids is 1. The molecule has 0 heterocycles. The summed E-state index contributed by atoms with van der Waals surface area (Å²) in [6.45, 7) is 6.02. The van der Waals surface area contributed by atoms with Crippen LogP contribution in [0.3, 0.4) is 0 Å². The van der Waals surface area contributed by atoms with Gasteiger partial charge in [0.05, 0.1) is 13.2 Å². The van der Waals surface area contributed by atoms with Crippen LogP contribution in [0.25, 0.3) is 0 Å². The van der Waals surface area contributed by atoms with Gasteiger partial charge >= 0.3 is 5.97 Å². The molecule has 0 fully saturated rings. The molecule has 1 N–H and O–H groups in total. The summed E-state index contributed by atoms with van der Waals surface area (Å²) >= 11 is 2.23. The lowest BCUT2D eigenvalue weighted by Crippen LogP contribution is -2.15. The van der Waals surface area contributed by atoms with E-state index in [1.807, 2.05) is 6.92 Å². The van der Waals surface area contributed by atoms with Crippen molar-refractivity contribution in [1.29, 1.82) is 0 Å². The first-order chi connectivity index (χ1) is 8.90. The Balaban J connectivity index is 4.29. The molecule has 19 heavy (non-hydrogen) atoms. The molecule has 0 spiro atoms. The third kappa shape index (κ3) is 8.99. The maximum absolute atomic E-state index is 10.9. The number of aliphatic hydroxyl groups is 1. The Morgan fingerprint density at radius 3 is 2.53 bits per heavy atom. The molecule has 0 aromatic heterocycles. The maximum atomic E-state index is 10.9. The molecule has 0 aromatic rings. The van der Waals surface area contributed by atoms with Crippen molar-refractivity contribution >= 4 is 28.6 Å². The summed E-state index contributed by atoms with van der Waals surface area (Å²) < 4.78 is 6.57. The summed E-state index contributed by atoms with van der Waals surface area (Å²) in [5.41, 5.74) is 2.55. The molecule has 0 saturated heterocycles. The molecular formula is C15H23IO3. The lowest BCUT2D eigenvalue weighted by atomic mass is 9.99. The second-order valence-corrected chi connectivity index (χ2v) is 5.35. The van der Waals surface area contributed by atoms with E-state index in [1.54, 1.807) is 6.08 Å². The first kappa shape index (κ1) is 18.4. The van der Waals surface area contributed by atoms with Crippen molar-refractivity contribution in [2.75, 3.05) is 7.11 Å². The van der Waals surface area contributed by atoms with Gasteiger partial charge in [-0.2, -0.15) is 0 Å². The third-order valence-electron chi connectivity index (χ3n) is 2.80. The summed E-state index contributed by atoms with van der Waals surface area (Å²) in [5, 5.41) is 9.98. The topological polar surface area (TPSA) is 46.5 Å². The van der Waals surface area contributed by atoms with Crippen molar-refractivity contribution in [3.05, 3.63) is 33.5 Å². The van der Waals surface area contributed by atoms with Crippen LogP contribution in [-0.4, -0.2) is 24.3 Å². The Labute approximate surface area is 129 Å². The molecule has 0 radical (unpaired) electrons. The van der Waals surface area contributed by atoms with Crippen molar-refractivity contribution in [2.24, 2.45) is 5.92 Å². The van der Waals surface area contributed by atoms with Gasteiger partial charge in [-0.25, -0.2) is 4.79 Å². The van der Waals surface area contributed by atoms with E-state index in [-0.39, 0.29) is 5.92 Å². The summed E-state index contributed by atoms with van der Waals surface area (Å²) in [5.74, 6) is -0.474. The van der Waals surface area contributed by atoms with Crippen molar-refractivity contribution < 1.29 is 14.6 Å². The Kier molecular flexibility index (Phi) is 9.87. The normalized spacial score (nSPS) is 16.5. The molecule has 0 bridgehead atoms. The average molecular weight is 378 g/mol. The number of ether oxygens (including phenoxy) is 1. The fraction of sp³-hybridized carbons (Fsp3) is 0.533. The van der Waals surface area contributed by atoms with Crippen LogP contribution in [0.1, 0.15) is 33.6 Å². The number of rotatable bonds is 7. The Morgan fingerprint density at radius 1 is 1.37 bits per heavy atom. The van der Waals surface area contributed by atoms with Crippen LogP contribution in [0.4, 0.5) is 0 Å². The van der Waals surface area contributed by atoms with Gasteiger partial charge in [-0.1, -0.05) is 52.8 Å². The number of allylic oxidation sites excluding steroid dienone is 2.